The van der Waals surface area contributed by atoms with E-state index in [4.69, 9.17) is 4.74 Å². The SMILES string of the molecule is CCCCC/C(=C(\C)OCCCC)n1ccccc1=O. The highest BCUT2D eigenvalue weighted by Gasteiger charge is 2.08. The molecule has 0 atom stereocenters. The third kappa shape index (κ3) is 5.24. The summed E-state index contributed by atoms with van der Waals surface area (Å²) in [5.74, 6) is 0.878. The van der Waals surface area contributed by atoms with E-state index in [9.17, 15) is 4.79 Å². The summed E-state index contributed by atoms with van der Waals surface area (Å²) in [4.78, 5) is 12.0. The van der Waals surface area contributed by atoms with Gasteiger partial charge in [-0.05, 0) is 32.3 Å². The molecule has 1 rings (SSSR count). The van der Waals surface area contributed by atoms with Crippen LogP contribution in [0.2, 0.25) is 0 Å². The first-order valence-corrected chi connectivity index (χ1v) is 7.71. The first-order chi connectivity index (χ1) is 9.70. The Morgan fingerprint density at radius 2 is 1.90 bits per heavy atom. The number of pyridine rings is 1. The number of hydrogen-bond donors (Lipinski definition) is 0. The summed E-state index contributed by atoms with van der Waals surface area (Å²) in [6.07, 6.45) is 8.31. The molecule has 0 aliphatic rings. The second-order valence-electron chi connectivity index (χ2n) is 5.07. The topological polar surface area (TPSA) is 31.2 Å². The Balaban J connectivity index is 2.92. The maximum atomic E-state index is 12.0. The maximum Gasteiger partial charge on any atom is 0.254 e. The van der Waals surface area contributed by atoms with E-state index >= 15 is 0 Å². The van der Waals surface area contributed by atoms with Gasteiger partial charge in [0.25, 0.3) is 5.56 Å². The van der Waals surface area contributed by atoms with Gasteiger partial charge in [0.05, 0.1) is 12.3 Å². The summed E-state index contributed by atoms with van der Waals surface area (Å²) in [5, 5.41) is 0. The lowest BCUT2D eigenvalue weighted by atomic mass is 10.1. The summed E-state index contributed by atoms with van der Waals surface area (Å²) >= 11 is 0. The van der Waals surface area contributed by atoms with Crippen LogP contribution < -0.4 is 5.56 Å². The molecule has 0 spiro atoms. The molecule has 0 bridgehead atoms. The number of rotatable bonds is 9. The van der Waals surface area contributed by atoms with E-state index in [0.29, 0.717) is 0 Å². The van der Waals surface area contributed by atoms with Gasteiger partial charge in [-0.3, -0.25) is 9.36 Å². The van der Waals surface area contributed by atoms with Crippen molar-refractivity contribution in [3.05, 3.63) is 40.5 Å². The molecule has 0 saturated carbocycles. The number of hydrogen-bond acceptors (Lipinski definition) is 2. The Morgan fingerprint density at radius 3 is 2.55 bits per heavy atom. The van der Waals surface area contributed by atoms with Crippen LogP contribution in [0.5, 0.6) is 0 Å². The Labute approximate surface area is 122 Å². The van der Waals surface area contributed by atoms with Crippen LogP contribution in [-0.4, -0.2) is 11.2 Å². The van der Waals surface area contributed by atoms with Crippen LogP contribution >= 0.6 is 0 Å². The van der Waals surface area contributed by atoms with Crippen molar-refractivity contribution in [1.82, 2.24) is 4.57 Å². The molecular formula is C17H27NO2. The van der Waals surface area contributed by atoms with Crippen LogP contribution in [0.25, 0.3) is 5.70 Å². The average molecular weight is 277 g/mol. The third-order valence-corrected chi connectivity index (χ3v) is 3.35. The zero-order valence-electron chi connectivity index (χ0n) is 13.0. The third-order valence-electron chi connectivity index (χ3n) is 3.35. The van der Waals surface area contributed by atoms with Gasteiger partial charge >= 0.3 is 0 Å². The highest BCUT2D eigenvalue weighted by atomic mass is 16.5. The van der Waals surface area contributed by atoms with Crippen molar-refractivity contribution in [2.75, 3.05) is 6.61 Å². The molecule has 0 radical (unpaired) electrons. The zero-order valence-corrected chi connectivity index (χ0v) is 13.0. The normalized spacial score (nSPS) is 12.2. The molecule has 0 fully saturated rings. The van der Waals surface area contributed by atoms with Crippen molar-refractivity contribution in [3.63, 3.8) is 0 Å². The van der Waals surface area contributed by atoms with Gasteiger partial charge in [0.1, 0.15) is 5.76 Å². The Kier molecular flexibility index (Phi) is 7.78. The largest absolute Gasteiger partial charge is 0.496 e. The molecule has 112 valence electrons. The average Bonchev–Trinajstić information content (AvgIpc) is 2.45. The van der Waals surface area contributed by atoms with Crippen LogP contribution in [0.3, 0.4) is 0 Å². The second kappa shape index (κ2) is 9.40. The van der Waals surface area contributed by atoms with E-state index in [1.807, 2.05) is 19.2 Å². The fourth-order valence-electron chi connectivity index (χ4n) is 2.11. The Bertz CT molecular complexity index is 474. The highest BCUT2D eigenvalue weighted by molar-refractivity contribution is 5.47. The molecule has 0 aliphatic carbocycles. The first-order valence-electron chi connectivity index (χ1n) is 7.71. The van der Waals surface area contributed by atoms with Gasteiger partial charge in [-0.1, -0.05) is 39.2 Å². The Morgan fingerprint density at radius 1 is 1.15 bits per heavy atom. The summed E-state index contributed by atoms with van der Waals surface area (Å²) in [6, 6.07) is 5.26. The second-order valence-corrected chi connectivity index (χ2v) is 5.07. The van der Waals surface area contributed by atoms with Crippen molar-refractivity contribution >= 4 is 5.70 Å². The van der Waals surface area contributed by atoms with Crippen LogP contribution in [0, 0.1) is 0 Å². The molecule has 0 amide bonds. The lowest BCUT2D eigenvalue weighted by Crippen LogP contribution is -2.18. The fourth-order valence-corrected chi connectivity index (χ4v) is 2.11. The number of aromatic nitrogens is 1. The minimum Gasteiger partial charge on any atom is -0.496 e. The first kappa shape index (κ1) is 16.5. The molecule has 0 saturated heterocycles. The summed E-state index contributed by atoms with van der Waals surface area (Å²) in [7, 11) is 0. The molecule has 3 heteroatoms. The maximum absolute atomic E-state index is 12.0. The minimum atomic E-state index is 0.0115. The predicted octanol–water partition coefficient (Wildman–Crippen LogP) is 4.43. The van der Waals surface area contributed by atoms with Gasteiger partial charge in [0, 0.05) is 12.3 Å². The van der Waals surface area contributed by atoms with Crippen LogP contribution in [-0.2, 0) is 4.74 Å². The van der Waals surface area contributed by atoms with E-state index in [1.54, 1.807) is 16.7 Å². The van der Waals surface area contributed by atoms with Gasteiger partial charge in [-0.2, -0.15) is 0 Å². The van der Waals surface area contributed by atoms with E-state index in [1.165, 1.54) is 12.8 Å². The molecule has 0 aliphatic heterocycles. The van der Waals surface area contributed by atoms with Crippen molar-refractivity contribution in [3.8, 4) is 0 Å². The van der Waals surface area contributed by atoms with E-state index in [-0.39, 0.29) is 5.56 Å². The lowest BCUT2D eigenvalue weighted by Gasteiger charge is -2.15. The summed E-state index contributed by atoms with van der Waals surface area (Å²) in [6.45, 7) is 7.02. The van der Waals surface area contributed by atoms with Gasteiger partial charge in [-0.25, -0.2) is 0 Å². The molecule has 0 aromatic carbocycles. The molecular weight excluding hydrogens is 250 g/mol. The summed E-state index contributed by atoms with van der Waals surface area (Å²) < 4.78 is 7.52. The number of allylic oxidation sites excluding steroid dienone is 2. The smallest absolute Gasteiger partial charge is 0.254 e. The summed E-state index contributed by atoms with van der Waals surface area (Å²) in [5.41, 5.74) is 1.01. The van der Waals surface area contributed by atoms with Gasteiger partial charge < -0.3 is 4.74 Å². The molecule has 1 heterocycles. The van der Waals surface area contributed by atoms with Crippen LogP contribution in [0.1, 0.15) is 59.3 Å². The van der Waals surface area contributed by atoms with Crippen molar-refractivity contribution in [1.29, 1.82) is 0 Å². The quantitative estimate of drug-likeness (QED) is 0.494. The lowest BCUT2D eigenvalue weighted by molar-refractivity contribution is 0.208. The van der Waals surface area contributed by atoms with Crippen LogP contribution in [0.4, 0.5) is 0 Å². The standard InChI is InChI=1S/C17H27NO2/c1-4-6-8-11-16(15(3)20-14-7-5-2)18-13-10-9-12-17(18)19/h9-10,12-13H,4-8,11,14H2,1-3H3/b16-15-. The van der Waals surface area contributed by atoms with Crippen molar-refractivity contribution in [2.24, 2.45) is 0 Å². The Hall–Kier alpha value is -1.51. The molecule has 3 nitrogen and oxygen atoms in total. The van der Waals surface area contributed by atoms with E-state index in [2.05, 4.69) is 13.8 Å². The van der Waals surface area contributed by atoms with Gasteiger partial charge in [-0.15, -0.1) is 0 Å². The van der Waals surface area contributed by atoms with Crippen LogP contribution in [0.15, 0.2) is 34.9 Å². The van der Waals surface area contributed by atoms with E-state index in [0.717, 1.165) is 43.7 Å². The van der Waals surface area contributed by atoms with Crippen molar-refractivity contribution in [2.45, 2.75) is 59.3 Å². The number of nitrogens with zero attached hydrogens (tertiary/aromatic N) is 1. The monoisotopic (exact) mass is 277 g/mol. The van der Waals surface area contributed by atoms with Crippen molar-refractivity contribution < 1.29 is 4.74 Å². The fraction of sp³-hybridized carbons (Fsp3) is 0.588. The van der Waals surface area contributed by atoms with Gasteiger partial charge in [0.15, 0.2) is 0 Å². The molecule has 0 N–H and O–H groups in total. The van der Waals surface area contributed by atoms with Gasteiger partial charge in [0.2, 0.25) is 0 Å². The zero-order chi connectivity index (χ0) is 14.8. The molecule has 0 unspecified atom stereocenters. The minimum absolute atomic E-state index is 0.0115. The predicted molar refractivity (Wildman–Crippen MR) is 84.6 cm³/mol. The molecule has 1 aromatic rings. The number of ether oxygens (including phenoxy) is 1. The molecule has 20 heavy (non-hydrogen) atoms. The highest BCUT2D eigenvalue weighted by Crippen LogP contribution is 2.18. The molecule has 1 aromatic heterocycles. The number of unbranched alkanes of at least 4 members (excludes halogenated alkanes) is 3. The van der Waals surface area contributed by atoms with E-state index < -0.39 is 0 Å².